The quantitative estimate of drug-likeness (QED) is 0.630. The third kappa shape index (κ3) is 3.48. The molecule has 0 aliphatic carbocycles. The Morgan fingerprint density at radius 1 is 1.22 bits per heavy atom. The van der Waals surface area contributed by atoms with Crippen molar-refractivity contribution < 1.29 is 19.2 Å². The number of rotatable bonds is 6. The number of hydrogen-bond acceptors (Lipinski definition) is 5. The van der Waals surface area contributed by atoms with Crippen LogP contribution in [0.25, 0.3) is 0 Å². The van der Waals surface area contributed by atoms with Crippen LogP contribution in [0.2, 0.25) is 0 Å². The van der Waals surface area contributed by atoms with Gasteiger partial charge in [0.2, 0.25) is 0 Å². The van der Waals surface area contributed by atoms with Crippen LogP contribution in [-0.4, -0.2) is 28.7 Å². The number of hydrogen-bond donors (Lipinski definition) is 1. The lowest BCUT2D eigenvalue weighted by Crippen LogP contribution is -2.43. The summed E-state index contributed by atoms with van der Waals surface area (Å²) in [6.45, 7) is 5.25. The highest BCUT2D eigenvalue weighted by atomic mass is 16.7. The Morgan fingerprint density at radius 2 is 1.83 bits per heavy atom. The molecule has 0 bridgehead atoms. The fraction of sp³-hybridized carbons (Fsp3) is 0.471. The monoisotopic (exact) mass is 318 g/mol. The highest BCUT2D eigenvalue weighted by Gasteiger charge is 2.51. The molecular weight excluding hydrogens is 296 g/mol. The molecule has 0 aromatic heterocycles. The molecule has 1 heterocycles. The third-order valence-corrected chi connectivity index (χ3v) is 4.11. The van der Waals surface area contributed by atoms with Gasteiger partial charge in [-0.1, -0.05) is 51.1 Å². The van der Waals surface area contributed by atoms with Gasteiger partial charge in [0.1, 0.15) is 12.5 Å². The maximum atomic E-state index is 12.4. The Kier molecular flexibility index (Phi) is 5.28. The van der Waals surface area contributed by atoms with Crippen molar-refractivity contribution in [3.05, 3.63) is 35.9 Å². The number of nitrogens with zero attached hydrogens (tertiary/aromatic N) is 1. The van der Waals surface area contributed by atoms with E-state index in [1.165, 1.54) is 0 Å². The van der Waals surface area contributed by atoms with Gasteiger partial charge < -0.3 is 5.73 Å². The first-order valence-corrected chi connectivity index (χ1v) is 7.68. The van der Waals surface area contributed by atoms with Gasteiger partial charge in [-0.2, -0.15) is 5.06 Å². The fourth-order valence-corrected chi connectivity index (χ4v) is 2.52. The second kappa shape index (κ2) is 7.02. The Morgan fingerprint density at radius 3 is 2.39 bits per heavy atom. The molecule has 0 radical (unpaired) electrons. The summed E-state index contributed by atoms with van der Waals surface area (Å²) in [5.74, 6) is -3.44. The minimum Gasteiger partial charge on any atom is -0.321 e. The first-order valence-electron chi connectivity index (χ1n) is 7.68. The SMILES string of the molecule is CC(C)[C@H](N)C(=O)[C@@H]1C(=O)N(OCc2ccccc2)C(=O)[C@H]1C. The summed E-state index contributed by atoms with van der Waals surface area (Å²) in [6.07, 6.45) is 0. The summed E-state index contributed by atoms with van der Waals surface area (Å²) >= 11 is 0. The van der Waals surface area contributed by atoms with Crippen LogP contribution < -0.4 is 5.73 Å². The molecule has 1 aromatic carbocycles. The Hall–Kier alpha value is -2.05. The number of nitrogens with two attached hydrogens (primary N) is 1. The molecule has 0 saturated carbocycles. The van der Waals surface area contributed by atoms with Gasteiger partial charge in [0.25, 0.3) is 11.8 Å². The smallest absolute Gasteiger partial charge is 0.264 e. The van der Waals surface area contributed by atoms with E-state index in [1.807, 2.05) is 30.3 Å². The number of hydroxylamine groups is 2. The molecule has 6 nitrogen and oxygen atoms in total. The van der Waals surface area contributed by atoms with E-state index < -0.39 is 35.5 Å². The molecule has 1 aromatic rings. The second-order valence-electron chi connectivity index (χ2n) is 6.17. The van der Waals surface area contributed by atoms with Crippen LogP contribution in [0.5, 0.6) is 0 Å². The van der Waals surface area contributed by atoms with Crippen molar-refractivity contribution in [2.75, 3.05) is 0 Å². The lowest BCUT2D eigenvalue weighted by atomic mass is 9.85. The predicted octanol–water partition coefficient (Wildman–Crippen LogP) is 1.29. The van der Waals surface area contributed by atoms with Crippen molar-refractivity contribution in [3.8, 4) is 0 Å². The van der Waals surface area contributed by atoms with Gasteiger partial charge in [0, 0.05) is 0 Å². The van der Waals surface area contributed by atoms with Crippen LogP contribution in [0.15, 0.2) is 30.3 Å². The molecule has 0 spiro atoms. The van der Waals surface area contributed by atoms with Crippen LogP contribution in [-0.2, 0) is 25.8 Å². The standard InChI is InChI=1S/C17H22N2O4/c1-10(2)14(18)15(20)13-11(3)16(21)19(17(13)22)23-9-12-7-5-4-6-8-12/h4-8,10-11,13-14H,9,18H2,1-3H3/t11-,13+,14-/m0/s1. The van der Waals surface area contributed by atoms with Gasteiger partial charge in [-0.05, 0) is 11.5 Å². The molecule has 1 aliphatic rings. The normalized spacial score (nSPS) is 22.7. The number of ketones is 1. The van der Waals surface area contributed by atoms with Gasteiger partial charge in [0.05, 0.1) is 12.0 Å². The molecule has 0 unspecified atom stereocenters. The maximum Gasteiger partial charge on any atom is 0.264 e. The topological polar surface area (TPSA) is 89.7 Å². The van der Waals surface area contributed by atoms with Gasteiger partial charge >= 0.3 is 0 Å². The van der Waals surface area contributed by atoms with Crippen molar-refractivity contribution in [2.45, 2.75) is 33.4 Å². The van der Waals surface area contributed by atoms with E-state index >= 15 is 0 Å². The van der Waals surface area contributed by atoms with Gasteiger partial charge in [0.15, 0.2) is 5.78 Å². The molecule has 2 amide bonds. The summed E-state index contributed by atoms with van der Waals surface area (Å²) in [4.78, 5) is 42.4. The predicted molar refractivity (Wildman–Crippen MR) is 83.6 cm³/mol. The van der Waals surface area contributed by atoms with E-state index in [9.17, 15) is 14.4 Å². The Labute approximate surface area is 135 Å². The molecule has 1 saturated heterocycles. The summed E-state index contributed by atoms with van der Waals surface area (Å²) < 4.78 is 0. The second-order valence-corrected chi connectivity index (χ2v) is 6.17. The number of Topliss-reactive ketones (excluding diaryl/α,β-unsaturated/α-hetero) is 1. The van der Waals surface area contributed by atoms with E-state index in [4.69, 9.17) is 10.6 Å². The minimum atomic E-state index is -1.06. The summed E-state index contributed by atoms with van der Waals surface area (Å²) in [5, 5.41) is 0.716. The number of benzene rings is 1. The number of carbonyl (C=O) groups is 3. The zero-order valence-corrected chi connectivity index (χ0v) is 13.6. The summed E-state index contributed by atoms with van der Waals surface area (Å²) in [6, 6.07) is 8.41. The van der Waals surface area contributed by atoms with Crippen molar-refractivity contribution in [2.24, 2.45) is 23.5 Å². The van der Waals surface area contributed by atoms with E-state index in [1.54, 1.807) is 20.8 Å². The molecule has 124 valence electrons. The number of amides is 2. The number of carbonyl (C=O) groups excluding carboxylic acids is 3. The van der Waals surface area contributed by atoms with Gasteiger partial charge in [-0.25, -0.2) is 0 Å². The van der Waals surface area contributed by atoms with Crippen molar-refractivity contribution >= 4 is 17.6 Å². The lowest BCUT2D eigenvalue weighted by molar-refractivity contribution is -0.193. The van der Waals surface area contributed by atoms with Crippen LogP contribution in [0.1, 0.15) is 26.3 Å². The average molecular weight is 318 g/mol. The van der Waals surface area contributed by atoms with Gasteiger partial charge in [-0.15, -0.1) is 0 Å². The first kappa shape index (κ1) is 17.3. The van der Waals surface area contributed by atoms with E-state index in [0.29, 0.717) is 5.06 Å². The zero-order chi connectivity index (χ0) is 17.1. The summed E-state index contributed by atoms with van der Waals surface area (Å²) in [7, 11) is 0. The van der Waals surface area contributed by atoms with Crippen LogP contribution in [0, 0.1) is 17.8 Å². The molecule has 3 atom stereocenters. The Balaban J connectivity index is 2.10. The Bertz CT molecular complexity index is 600. The fourth-order valence-electron chi connectivity index (χ4n) is 2.52. The molecule has 2 N–H and O–H groups in total. The van der Waals surface area contributed by atoms with E-state index in [-0.39, 0.29) is 12.5 Å². The van der Waals surface area contributed by atoms with Crippen molar-refractivity contribution in [3.63, 3.8) is 0 Å². The zero-order valence-electron chi connectivity index (χ0n) is 13.6. The summed E-state index contributed by atoms with van der Waals surface area (Å²) in [5.41, 5.74) is 6.68. The van der Waals surface area contributed by atoms with Crippen LogP contribution in [0.3, 0.4) is 0 Å². The van der Waals surface area contributed by atoms with E-state index in [2.05, 4.69) is 0 Å². The molecular formula is C17H22N2O4. The van der Waals surface area contributed by atoms with E-state index in [0.717, 1.165) is 5.56 Å². The van der Waals surface area contributed by atoms with Gasteiger partial charge in [-0.3, -0.25) is 19.2 Å². The maximum absolute atomic E-state index is 12.4. The molecule has 1 aliphatic heterocycles. The highest BCUT2D eigenvalue weighted by Crippen LogP contribution is 2.29. The van der Waals surface area contributed by atoms with Crippen molar-refractivity contribution in [1.29, 1.82) is 0 Å². The van der Waals surface area contributed by atoms with Crippen molar-refractivity contribution in [1.82, 2.24) is 5.06 Å². The average Bonchev–Trinajstić information content (AvgIpc) is 2.75. The molecule has 2 rings (SSSR count). The number of imide groups is 1. The largest absolute Gasteiger partial charge is 0.321 e. The molecule has 1 fully saturated rings. The highest BCUT2D eigenvalue weighted by molar-refractivity contribution is 6.15. The molecule has 6 heteroatoms. The minimum absolute atomic E-state index is 0.0855. The lowest BCUT2D eigenvalue weighted by Gasteiger charge is -2.19. The third-order valence-electron chi connectivity index (χ3n) is 4.11. The van der Waals surface area contributed by atoms with Crippen LogP contribution >= 0.6 is 0 Å². The molecule has 23 heavy (non-hydrogen) atoms. The van der Waals surface area contributed by atoms with Crippen LogP contribution in [0.4, 0.5) is 0 Å². The first-order chi connectivity index (χ1) is 10.8.